The van der Waals surface area contributed by atoms with Gasteiger partial charge in [0.25, 0.3) is 0 Å². The lowest BCUT2D eigenvalue weighted by Gasteiger charge is -1.98. The van der Waals surface area contributed by atoms with Gasteiger partial charge in [0.1, 0.15) is 5.82 Å². The highest BCUT2D eigenvalue weighted by Crippen LogP contribution is 2.51. The molecule has 3 atom stereocenters. The van der Waals surface area contributed by atoms with Gasteiger partial charge in [-0.2, -0.15) is 0 Å². The lowest BCUT2D eigenvalue weighted by molar-refractivity contribution is 0.274. The van der Waals surface area contributed by atoms with Crippen LogP contribution in [0.4, 0.5) is 4.39 Å². The van der Waals surface area contributed by atoms with Crippen molar-refractivity contribution in [2.75, 3.05) is 12.9 Å². The molecule has 0 spiro atoms. The lowest BCUT2D eigenvalue weighted by atomic mass is 10.1. The van der Waals surface area contributed by atoms with Gasteiger partial charge in [0.05, 0.1) is 5.25 Å². The molecule has 0 aliphatic heterocycles. The molecule has 1 aliphatic rings. The summed E-state index contributed by atoms with van der Waals surface area (Å²) in [6, 6.07) is 5.77. The summed E-state index contributed by atoms with van der Waals surface area (Å²) in [5.41, 5.74) is 0.774. The number of sulfone groups is 1. The van der Waals surface area contributed by atoms with Crippen LogP contribution < -0.4 is 0 Å². The summed E-state index contributed by atoms with van der Waals surface area (Å²) >= 11 is 0. The molecule has 0 unspecified atom stereocenters. The summed E-state index contributed by atoms with van der Waals surface area (Å²) in [4.78, 5) is 0. The normalized spacial score (nSPS) is 29.1. The zero-order valence-corrected chi connectivity index (χ0v) is 9.61. The van der Waals surface area contributed by atoms with Crippen molar-refractivity contribution < 1.29 is 17.9 Å². The molecular weight excluding hydrogens is 231 g/mol. The van der Waals surface area contributed by atoms with E-state index in [1.165, 1.54) is 18.4 Å². The maximum Gasteiger partial charge on any atom is 0.151 e. The molecule has 1 aliphatic carbocycles. The van der Waals surface area contributed by atoms with E-state index in [4.69, 9.17) is 5.11 Å². The highest BCUT2D eigenvalue weighted by Gasteiger charge is 2.56. The van der Waals surface area contributed by atoms with Gasteiger partial charge in [0, 0.05) is 24.7 Å². The van der Waals surface area contributed by atoms with Gasteiger partial charge in [-0.15, -0.1) is 0 Å². The Balaban J connectivity index is 2.27. The molecule has 0 saturated heterocycles. The average Bonchev–Trinajstić information content (AvgIpc) is 2.92. The van der Waals surface area contributed by atoms with Crippen LogP contribution in [-0.4, -0.2) is 31.6 Å². The van der Waals surface area contributed by atoms with Gasteiger partial charge in [-0.3, -0.25) is 0 Å². The van der Waals surface area contributed by atoms with Gasteiger partial charge in [0.15, 0.2) is 9.84 Å². The molecule has 3 nitrogen and oxygen atoms in total. The van der Waals surface area contributed by atoms with Crippen molar-refractivity contribution in [2.24, 2.45) is 5.92 Å². The number of hydrogen-bond acceptors (Lipinski definition) is 3. The molecular formula is C11H13FO3S. The third-order valence-electron chi connectivity index (χ3n) is 3.06. The summed E-state index contributed by atoms with van der Waals surface area (Å²) in [5, 5.41) is 8.56. The van der Waals surface area contributed by atoms with Crippen molar-refractivity contribution in [3.63, 3.8) is 0 Å². The molecule has 1 aromatic carbocycles. The summed E-state index contributed by atoms with van der Waals surface area (Å²) < 4.78 is 35.6. The topological polar surface area (TPSA) is 54.4 Å². The predicted octanol–water partition coefficient (Wildman–Crippen LogP) is 0.945. The summed E-state index contributed by atoms with van der Waals surface area (Å²) in [6.45, 7) is -0.153. The van der Waals surface area contributed by atoms with E-state index >= 15 is 0 Å². The van der Waals surface area contributed by atoms with E-state index in [1.54, 1.807) is 12.1 Å². The van der Waals surface area contributed by atoms with Crippen LogP contribution in [0.15, 0.2) is 24.3 Å². The molecule has 0 amide bonds. The van der Waals surface area contributed by atoms with Gasteiger partial charge in [0.2, 0.25) is 0 Å². The minimum absolute atomic E-state index is 0.153. The van der Waals surface area contributed by atoms with Gasteiger partial charge in [-0.1, -0.05) is 12.1 Å². The monoisotopic (exact) mass is 244 g/mol. The number of benzene rings is 1. The molecule has 0 aromatic heterocycles. The highest BCUT2D eigenvalue weighted by atomic mass is 32.2. The molecule has 16 heavy (non-hydrogen) atoms. The molecule has 1 N–H and O–H groups in total. The Hall–Kier alpha value is -0.940. The molecule has 88 valence electrons. The minimum atomic E-state index is -3.15. The van der Waals surface area contributed by atoms with Crippen LogP contribution in [0.5, 0.6) is 0 Å². The van der Waals surface area contributed by atoms with Crippen molar-refractivity contribution in [1.82, 2.24) is 0 Å². The minimum Gasteiger partial charge on any atom is -0.396 e. The van der Waals surface area contributed by atoms with E-state index in [2.05, 4.69) is 0 Å². The predicted molar refractivity (Wildman–Crippen MR) is 58.3 cm³/mol. The summed E-state index contributed by atoms with van der Waals surface area (Å²) in [7, 11) is -3.15. The molecule has 0 radical (unpaired) electrons. The first-order valence-electron chi connectivity index (χ1n) is 5.00. The number of hydrogen-bond donors (Lipinski definition) is 1. The Kier molecular flexibility index (Phi) is 2.75. The van der Waals surface area contributed by atoms with E-state index in [0.717, 1.165) is 5.56 Å². The largest absolute Gasteiger partial charge is 0.396 e. The van der Waals surface area contributed by atoms with Crippen LogP contribution in [-0.2, 0) is 9.84 Å². The Labute approximate surface area is 93.8 Å². The van der Waals surface area contributed by atoms with Crippen LogP contribution in [0.1, 0.15) is 11.5 Å². The first kappa shape index (κ1) is 11.5. The third kappa shape index (κ3) is 1.97. The van der Waals surface area contributed by atoms with Gasteiger partial charge in [-0.05, 0) is 17.7 Å². The van der Waals surface area contributed by atoms with Crippen molar-refractivity contribution in [3.8, 4) is 0 Å². The Morgan fingerprint density at radius 3 is 2.25 bits per heavy atom. The SMILES string of the molecule is CS(=O)(=O)[C@@H]1[C@H](CO)[C@H]1c1ccc(F)cc1. The van der Waals surface area contributed by atoms with E-state index < -0.39 is 15.1 Å². The summed E-state index contributed by atoms with van der Waals surface area (Å²) in [5.74, 6) is -0.790. The first-order chi connectivity index (χ1) is 7.45. The van der Waals surface area contributed by atoms with Crippen molar-refractivity contribution >= 4 is 9.84 Å². The van der Waals surface area contributed by atoms with E-state index in [0.29, 0.717) is 0 Å². The van der Waals surface area contributed by atoms with Crippen molar-refractivity contribution in [3.05, 3.63) is 35.6 Å². The van der Waals surface area contributed by atoms with E-state index in [9.17, 15) is 12.8 Å². The second-order valence-electron chi connectivity index (χ2n) is 4.22. The lowest BCUT2D eigenvalue weighted by Crippen LogP contribution is -2.08. The highest BCUT2D eigenvalue weighted by molar-refractivity contribution is 7.91. The van der Waals surface area contributed by atoms with Crippen LogP contribution in [0.2, 0.25) is 0 Å². The Morgan fingerprint density at radius 1 is 1.31 bits per heavy atom. The maximum absolute atomic E-state index is 12.7. The molecule has 5 heteroatoms. The number of halogens is 1. The zero-order chi connectivity index (χ0) is 11.9. The van der Waals surface area contributed by atoms with Crippen LogP contribution in [0.25, 0.3) is 0 Å². The van der Waals surface area contributed by atoms with E-state index in [1.807, 2.05) is 0 Å². The number of rotatable bonds is 3. The average molecular weight is 244 g/mol. The zero-order valence-electron chi connectivity index (χ0n) is 8.80. The van der Waals surface area contributed by atoms with Gasteiger partial charge in [-0.25, -0.2) is 12.8 Å². The van der Waals surface area contributed by atoms with Crippen LogP contribution >= 0.6 is 0 Å². The molecule has 1 aromatic rings. The standard InChI is InChI=1S/C11H13FO3S/c1-16(14,15)11-9(6-13)10(11)7-2-4-8(12)5-3-7/h2-5,9-11,13H,6H2,1H3/t9-,10-,11-/m1/s1. The molecule has 1 fully saturated rings. The summed E-state index contributed by atoms with van der Waals surface area (Å²) in [6.07, 6.45) is 1.17. The fourth-order valence-corrected chi connectivity index (χ4v) is 3.96. The molecule has 1 saturated carbocycles. The van der Waals surface area contributed by atoms with Crippen LogP contribution in [0, 0.1) is 11.7 Å². The Morgan fingerprint density at radius 2 is 1.88 bits per heavy atom. The quantitative estimate of drug-likeness (QED) is 0.861. The second kappa shape index (κ2) is 3.82. The smallest absolute Gasteiger partial charge is 0.151 e. The van der Waals surface area contributed by atoms with E-state index in [-0.39, 0.29) is 24.3 Å². The van der Waals surface area contributed by atoms with Gasteiger partial charge >= 0.3 is 0 Å². The third-order valence-corrected chi connectivity index (χ3v) is 4.69. The fourth-order valence-electron chi connectivity index (χ4n) is 2.27. The van der Waals surface area contributed by atoms with Crippen molar-refractivity contribution in [2.45, 2.75) is 11.2 Å². The van der Waals surface area contributed by atoms with Gasteiger partial charge < -0.3 is 5.11 Å². The second-order valence-corrected chi connectivity index (χ2v) is 6.42. The fraction of sp³-hybridized carbons (Fsp3) is 0.455. The number of aliphatic hydroxyl groups excluding tert-OH is 1. The number of aliphatic hydroxyl groups is 1. The maximum atomic E-state index is 12.7. The van der Waals surface area contributed by atoms with Crippen molar-refractivity contribution in [1.29, 1.82) is 0 Å². The molecule has 0 heterocycles. The molecule has 0 bridgehead atoms. The molecule has 2 rings (SSSR count). The Bertz CT molecular complexity index is 480. The van der Waals surface area contributed by atoms with Crippen LogP contribution in [0.3, 0.4) is 0 Å². The first-order valence-corrected chi connectivity index (χ1v) is 6.96.